The maximum absolute atomic E-state index is 2.52. The van der Waals surface area contributed by atoms with Gasteiger partial charge in [0.2, 0.25) is 0 Å². The van der Waals surface area contributed by atoms with Crippen LogP contribution in [0.5, 0.6) is 0 Å². The molecule has 0 saturated heterocycles. The van der Waals surface area contributed by atoms with Gasteiger partial charge < -0.3 is 0 Å². The molecule has 11 heavy (non-hydrogen) atoms. The van der Waals surface area contributed by atoms with Crippen LogP contribution in [0.1, 0.15) is 39.5 Å². The van der Waals surface area contributed by atoms with Crippen LogP contribution < -0.4 is 0 Å². The maximum Gasteiger partial charge on any atom is -0.0200 e. The zero-order valence-electron chi connectivity index (χ0n) is 7.64. The Kier molecular flexibility index (Phi) is 1.78. The summed E-state index contributed by atoms with van der Waals surface area (Å²) in [6, 6.07) is 0. The van der Waals surface area contributed by atoms with Crippen molar-refractivity contribution in [2.75, 3.05) is 0 Å². The quantitative estimate of drug-likeness (QED) is 0.541. The summed E-state index contributed by atoms with van der Waals surface area (Å²) < 4.78 is 0. The first-order valence-electron chi connectivity index (χ1n) is 4.99. The van der Waals surface area contributed by atoms with Gasteiger partial charge in [0, 0.05) is 0 Å². The van der Waals surface area contributed by atoms with Gasteiger partial charge in [0.25, 0.3) is 0 Å². The second-order valence-corrected chi connectivity index (χ2v) is 4.46. The van der Waals surface area contributed by atoms with Gasteiger partial charge in [0.05, 0.1) is 0 Å². The normalized spacial score (nSPS) is 23.9. The average Bonchev–Trinajstić information content (AvgIpc) is 2.79. The molecule has 0 spiro atoms. The highest BCUT2D eigenvalue weighted by Crippen LogP contribution is 2.49. The molecule has 2 fully saturated rings. The standard InChI is InChI=1S/C11H18/c1-8(2)7-11(9-3-4-9)10-5-6-10/h7-10H,3-6H2,1-2H3. The summed E-state index contributed by atoms with van der Waals surface area (Å²) in [6.45, 7) is 4.59. The Hall–Kier alpha value is -0.260. The lowest BCUT2D eigenvalue weighted by molar-refractivity contribution is 0.766. The van der Waals surface area contributed by atoms with Crippen LogP contribution in [0.2, 0.25) is 0 Å². The largest absolute Gasteiger partial charge is 0.0822 e. The molecule has 0 heteroatoms. The van der Waals surface area contributed by atoms with Gasteiger partial charge in [0.1, 0.15) is 0 Å². The lowest BCUT2D eigenvalue weighted by Crippen LogP contribution is -1.92. The van der Waals surface area contributed by atoms with Crippen molar-refractivity contribution >= 4 is 0 Å². The lowest BCUT2D eigenvalue weighted by atomic mass is 10.0. The number of hydrogen-bond acceptors (Lipinski definition) is 0. The third-order valence-corrected chi connectivity index (χ3v) is 2.62. The number of rotatable bonds is 3. The minimum atomic E-state index is 0.770. The van der Waals surface area contributed by atoms with Crippen LogP contribution in [0.25, 0.3) is 0 Å². The second-order valence-electron chi connectivity index (χ2n) is 4.46. The highest BCUT2D eigenvalue weighted by Gasteiger charge is 2.35. The van der Waals surface area contributed by atoms with Crippen LogP contribution in [0.15, 0.2) is 11.6 Å². The van der Waals surface area contributed by atoms with Crippen LogP contribution >= 0.6 is 0 Å². The van der Waals surface area contributed by atoms with Gasteiger partial charge in [-0.25, -0.2) is 0 Å². The van der Waals surface area contributed by atoms with Crippen molar-refractivity contribution in [3.63, 3.8) is 0 Å². The van der Waals surface area contributed by atoms with Gasteiger partial charge in [-0.15, -0.1) is 0 Å². The highest BCUT2D eigenvalue weighted by atomic mass is 14.4. The molecule has 0 radical (unpaired) electrons. The maximum atomic E-state index is 2.52. The van der Waals surface area contributed by atoms with Gasteiger partial charge in [-0.3, -0.25) is 0 Å². The van der Waals surface area contributed by atoms with Crippen LogP contribution in [-0.2, 0) is 0 Å². The van der Waals surface area contributed by atoms with Crippen molar-refractivity contribution in [1.29, 1.82) is 0 Å². The van der Waals surface area contributed by atoms with Gasteiger partial charge in [-0.1, -0.05) is 25.5 Å². The lowest BCUT2D eigenvalue weighted by Gasteiger charge is -2.05. The monoisotopic (exact) mass is 150 g/mol. The molecule has 2 rings (SSSR count). The molecular weight excluding hydrogens is 132 g/mol. The fourth-order valence-corrected chi connectivity index (χ4v) is 1.82. The molecule has 0 N–H and O–H groups in total. The fraction of sp³-hybridized carbons (Fsp3) is 0.818. The van der Waals surface area contributed by atoms with Gasteiger partial charge in [0.15, 0.2) is 0 Å². The molecule has 0 heterocycles. The molecule has 0 nitrogen and oxygen atoms in total. The predicted octanol–water partition coefficient (Wildman–Crippen LogP) is 3.39. The van der Waals surface area contributed by atoms with E-state index in [1.54, 1.807) is 0 Å². The first-order chi connectivity index (χ1) is 5.27. The summed E-state index contributed by atoms with van der Waals surface area (Å²) in [5, 5.41) is 0. The minimum absolute atomic E-state index is 0.770. The molecule has 0 aromatic heterocycles. The molecule has 2 aliphatic carbocycles. The van der Waals surface area contributed by atoms with E-state index >= 15 is 0 Å². The van der Waals surface area contributed by atoms with Crippen molar-refractivity contribution in [1.82, 2.24) is 0 Å². The van der Waals surface area contributed by atoms with Crippen molar-refractivity contribution < 1.29 is 0 Å². The molecule has 0 atom stereocenters. The van der Waals surface area contributed by atoms with E-state index in [0.29, 0.717) is 0 Å². The summed E-state index contributed by atoms with van der Waals surface area (Å²) in [5.41, 5.74) is 1.82. The van der Waals surface area contributed by atoms with E-state index < -0.39 is 0 Å². The van der Waals surface area contributed by atoms with E-state index in [9.17, 15) is 0 Å². The molecule has 0 bridgehead atoms. The van der Waals surface area contributed by atoms with E-state index in [4.69, 9.17) is 0 Å². The summed E-state index contributed by atoms with van der Waals surface area (Å²) in [5.74, 6) is 2.81. The van der Waals surface area contributed by atoms with E-state index in [-0.39, 0.29) is 0 Å². The molecule has 0 amide bonds. The smallest absolute Gasteiger partial charge is 0.0200 e. The van der Waals surface area contributed by atoms with E-state index in [2.05, 4.69) is 19.9 Å². The van der Waals surface area contributed by atoms with Gasteiger partial charge >= 0.3 is 0 Å². The Bertz CT molecular complexity index is 154. The SMILES string of the molecule is CC(C)C=C(C1CC1)C1CC1. The van der Waals surface area contributed by atoms with Crippen LogP contribution in [0.3, 0.4) is 0 Å². The Morgan fingerprint density at radius 2 is 1.55 bits per heavy atom. The fourth-order valence-electron chi connectivity index (χ4n) is 1.82. The van der Waals surface area contributed by atoms with Gasteiger partial charge in [-0.2, -0.15) is 0 Å². The van der Waals surface area contributed by atoms with Crippen molar-refractivity contribution in [3.8, 4) is 0 Å². The molecule has 62 valence electrons. The zero-order valence-corrected chi connectivity index (χ0v) is 7.64. The van der Waals surface area contributed by atoms with Crippen molar-refractivity contribution in [3.05, 3.63) is 11.6 Å². The summed E-state index contributed by atoms with van der Waals surface area (Å²) in [4.78, 5) is 0. The zero-order chi connectivity index (χ0) is 7.84. The molecule has 0 aliphatic heterocycles. The molecule has 2 aliphatic rings. The first kappa shape index (κ1) is 7.39. The molecule has 0 aromatic rings. The van der Waals surface area contributed by atoms with Crippen LogP contribution in [0.4, 0.5) is 0 Å². The van der Waals surface area contributed by atoms with Crippen LogP contribution in [0, 0.1) is 17.8 Å². The molecule has 0 aromatic carbocycles. The highest BCUT2D eigenvalue weighted by molar-refractivity contribution is 5.20. The number of allylic oxidation sites excluding steroid dienone is 2. The van der Waals surface area contributed by atoms with Crippen LogP contribution in [-0.4, -0.2) is 0 Å². The van der Waals surface area contributed by atoms with Crippen molar-refractivity contribution in [2.45, 2.75) is 39.5 Å². The Morgan fingerprint density at radius 3 is 1.82 bits per heavy atom. The second kappa shape index (κ2) is 2.66. The third-order valence-electron chi connectivity index (χ3n) is 2.62. The number of hydrogen-bond donors (Lipinski definition) is 0. The van der Waals surface area contributed by atoms with E-state index in [1.807, 2.05) is 5.57 Å². The van der Waals surface area contributed by atoms with Crippen molar-refractivity contribution in [2.24, 2.45) is 17.8 Å². The first-order valence-corrected chi connectivity index (χ1v) is 4.99. The minimum Gasteiger partial charge on any atom is -0.0822 e. The van der Waals surface area contributed by atoms with E-state index in [0.717, 1.165) is 17.8 Å². The molecule has 0 unspecified atom stereocenters. The summed E-state index contributed by atoms with van der Waals surface area (Å²) in [6.07, 6.45) is 8.45. The Labute approximate surface area is 69.7 Å². The summed E-state index contributed by atoms with van der Waals surface area (Å²) in [7, 11) is 0. The third kappa shape index (κ3) is 1.85. The molecular formula is C11H18. The van der Waals surface area contributed by atoms with E-state index in [1.165, 1.54) is 25.7 Å². The Balaban J connectivity index is 2.01. The molecule has 2 saturated carbocycles. The Morgan fingerprint density at radius 1 is 1.09 bits per heavy atom. The van der Waals surface area contributed by atoms with Gasteiger partial charge in [-0.05, 0) is 43.4 Å². The average molecular weight is 150 g/mol. The topological polar surface area (TPSA) is 0 Å². The summed E-state index contributed by atoms with van der Waals surface area (Å²) >= 11 is 0. The predicted molar refractivity (Wildman–Crippen MR) is 48.4 cm³/mol.